The third-order valence-corrected chi connectivity index (χ3v) is 6.63. The Morgan fingerprint density at radius 1 is 1.21 bits per heavy atom. The maximum atomic E-state index is 12.8. The Balaban J connectivity index is 1.68. The number of benzene rings is 1. The van der Waals surface area contributed by atoms with Crippen LogP contribution in [0.3, 0.4) is 0 Å². The average Bonchev–Trinajstić information content (AvgIpc) is 2.97. The molecule has 0 spiro atoms. The minimum Gasteiger partial charge on any atom is -0.384 e. The Hall–Kier alpha value is -1.54. The molecule has 130 valence electrons. The summed E-state index contributed by atoms with van der Waals surface area (Å²) in [4.78, 5) is 5.60. The summed E-state index contributed by atoms with van der Waals surface area (Å²) in [7, 11) is -4.61. The number of aromatic nitrogens is 1. The third kappa shape index (κ3) is 3.59. The third-order valence-electron chi connectivity index (χ3n) is 3.97. The fourth-order valence-electron chi connectivity index (χ4n) is 2.77. The molecule has 3 rings (SSSR count). The van der Waals surface area contributed by atoms with Crippen molar-refractivity contribution in [3.8, 4) is 0 Å². The molecule has 0 unspecified atom stereocenters. The number of fused-ring (bicyclic) bond motifs is 1. The van der Waals surface area contributed by atoms with Gasteiger partial charge in [-0.15, -0.1) is 11.3 Å². The van der Waals surface area contributed by atoms with Crippen molar-refractivity contribution in [1.29, 1.82) is 0 Å². The van der Waals surface area contributed by atoms with E-state index in [4.69, 9.17) is 0 Å². The van der Waals surface area contributed by atoms with Crippen LogP contribution in [-0.4, -0.2) is 25.7 Å². The lowest BCUT2D eigenvalue weighted by atomic mass is 10.0. The Bertz CT molecular complexity index is 796. The molecule has 0 atom stereocenters. The van der Waals surface area contributed by atoms with Crippen LogP contribution in [0.5, 0.6) is 0 Å². The first-order valence-electron chi connectivity index (χ1n) is 7.81. The zero-order valence-electron chi connectivity index (χ0n) is 13.0. The molecule has 0 saturated carbocycles. The minimum absolute atomic E-state index is 0.208. The van der Waals surface area contributed by atoms with Crippen molar-refractivity contribution in [3.63, 3.8) is 0 Å². The number of anilines is 1. The van der Waals surface area contributed by atoms with E-state index in [-0.39, 0.29) is 10.6 Å². The van der Waals surface area contributed by atoms with Crippen LogP contribution in [0.15, 0.2) is 29.2 Å². The van der Waals surface area contributed by atoms with Gasteiger partial charge in [-0.25, -0.2) is 13.4 Å². The number of nitrogens with zero attached hydrogens (tertiary/aromatic N) is 1. The van der Waals surface area contributed by atoms with E-state index in [2.05, 4.69) is 10.3 Å². The van der Waals surface area contributed by atoms with Gasteiger partial charge in [0.2, 0.25) is 9.84 Å². The molecule has 0 aliphatic heterocycles. The molecule has 0 bridgehead atoms. The van der Waals surface area contributed by atoms with Gasteiger partial charge in [-0.1, -0.05) is 12.1 Å². The van der Waals surface area contributed by atoms with Crippen molar-refractivity contribution in [2.45, 2.75) is 42.8 Å². The van der Waals surface area contributed by atoms with Crippen LogP contribution in [0.25, 0.3) is 0 Å². The average molecular weight is 372 g/mol. The number of rotatable bonds is 6. The van der Waals surface area contributed by atoms with Gasteiger partial charge in [-0.3, -0.25) is 0 Å². The van der Waals surface area contributed by atoms with Gasteiger partial charge in [0.05, 0.1) is 21.3 Å². The highest BCUT2D eigenvalue weighted by Crippen LogP contribution is 2.28. The van der Waals surface area contributed by atoms with E-state index in [1.165, 1.54) is 41.6 Å². The molecule has 0 saturated heterocycles. The van der Waals surface area contributed by atoms with E-state index in [1.807, 2.05) is 0 Å². The maximum Gasteiger partial charge on any atom is 0.341 e. The van der Waals surface area contributed by atoms with Gasteiger partial charge >= 0.3 is 5.76 Å². The minimum atomic E-state index is -4.61. The fourth-order valence-corrected chi connectivity index (χ4v) is 4.84. The van der Waals surface area contributed by atoms with Crippen LogP contribution >= 0.6 is 11.3 Å². The number of thiazole rings is 1. The van der Waals surface area contributed by atoms with E-state index >= 15 is 0 Å². The van der Waals surface area contributed by atoms with E-state index in [9.17, 15) is 17.2 Å². The predicted octanol–water partition coefficient (Wildman–Crippen LogP) is 3.67. The molecular weight excluding hydrogens is 354 g/mol. The maximum absolute atomic E-state index is 12.8. The van der Waals surface area contributed by atoms with E-state index in [1.54, 1.807) is 17.4 Å². The van der Waals surface area contributed by atoms with Crippen molar-refractivity contribution in [3.05, 3.63) is 39.8 Å². The molecule has 1 N–H and O–H groups in total. The number of hydrogen-bond donors (Lipinski definition) is 1. The molecule has 1 heterocycles. The van der Waals surface area contributed by atoms with Gasteiger partial charge in [-0.05, 0) is 37.8 Å². The van der Waals surface area contributed by atoms with Gasteiger partial charge < -0.3 is 5.32 Å². The molecular formula is C16H18F2N2O2S2. The summed E-state index contributed by atoms with van der Waals surface area (Å²) in [5.41, 5.74) is 1.39. The van der Waals surface area contributed by atoms with Crippen molar-refractivity contribution >= 4 is 26.9 Å². The summed E-state index contributed by atoms with van der Waals surface area (Å²) in [6.07, 6.45) is 5.12. The molecule has 0 fully saturated rings. The van der Waals surface area contributed by atoms with E-state index < -0.39 is 15.6 Å². The van der Waals surface area contributed by atoms with Gasteiger partial charge in [0.1, 0.15) is 0 Å². The van der Waals surface area contributed by atoms with Crippen molar-refractivity contribution < 1.29 is 17.2 Å². The summed E-state index contributed by atoms with van der Waals surface area (Å²) in [5.74, 6) is -3.42. The second-order valence-corrected chi connectivity index (χ2v) is 8.72. The highest BCUT2D eigenvalue weighted by atomic mass is 32.2. The first-order chi connectivity index (χ1) is 11.5. The smallest absolute Gasteiger partial charge is 0.341 e. The zero-order valence-corrected chi connectivity index (χ0v) is 14.6. The summed E-state index contributed by atoms with van der Waals surface area (Å²) in [6.45, 7) is 0.447. The van der Waals surface area contributed by atoms with Crippen LogP contribution in [-0.2, 0) is 29.1 Å². The highest BCUT2D eigenvalue weighted by molar-refractivity contribution is 7.91. The molecule has 0 amide bonds. The summed E-state index contributed by atoms with van der Waals surface area (Å²) < 4.78 is 49.0. The SMILES string of the molecule is O=S(=O)(c1ccccc1NCCc1nc2c(s1)CCCC2)C(F)F. The van der Waals surface area contributed by atoms with E-state index in [0.717, 1.165) is 17.8 Å². The standard InChI is InChI=1S/C16H18F2N2O2S2/c17-16(18)24(21,22)14-8-4-2-6-12(14)19-10-9-15-20-11-5-1-3-7-13(11)23-15/h2,4,6,8,16,19H,1,3,5,7,9-10H2. The fraction of sp³-hybridized carbons (Fsp3) is 0.438. The van der Waals surface area contributed by atoms with Crippen LogP contribution in [0, 0.1) is 0 Å². The first-order valence-corrected chi connectivity index (χ1v) is 10.2. The number of nitrogens with one attached hydrogen (secondary N) is 1. The first kappa shape index (κ1) is 17.3. The van der Waals surface area contributed by atoms with Gasteiger partial charge in [0.15, 0.2) is 0 Å². The molecule has 2 aromatic rings. The highest BCUT2D eigenvalue weighted by Gasteiger charge is 2.28. The number of halogens is 2. The molecule has 24 heavy (non-hydrogen) atoms. The molecule has 1 aliphatic carbocycles. The molecule has 0 radical (unpaired) electrons. The van der Waals surface area contributed by atoms with Crippen LogP contribution in [0.2, 0.25) is 0 Å². The molecule has 4 nitrogen and oxygen atoms in total. The largest absolute Gasteiger partial charge is 0.384 e. The summed E-state index contributed by atoms with van der Waals surface area (Å²) >= 11 is 1.70. The van der Waals surface area contributed by atoms with Gasteiger partial charge in [-0.2, -0.15) is 8.78 Å². The predicted molar refractivity (Wildman–Crippen MR) is 90.6 cm³/mol. The lowest BCUT2D eigenvalue weighted by Gasteiger charge is -2.11. The second-order valence-electron chi connectivity index (χ2n) is 5.66. The lowest BCUT2D eigenvalue weighted by Crippen LogP contribution is -2.15. The zero-order chi connectivity index (χ0) is 17.2. The molecule has 1 aromatic heterocycles. The van der Waals surface area contributed by atoms with Gasteiger partial charge in [0.25, 0.3) is 0 Å². The summed E-state index contributed by atoms with van der Waals surface area (Å²) in [6, 6.07) is 5.76. The Labute approximate surface area is 143 Å². The lowest BCUT2D eigenvalue weighted by molar-refractivity contribution is 0.235. The normalized spacial score (nSPS) is 14.6. The van der Waals surface area contributed by atoms with Crippen molar-refractivity contribution in [2.75, 3.05) is 11.9 Å². The number of sulfone groups is 1. The topological polar surface area (TPSA) is 59.1 Å². The number of hydrogen-bond acceptors (Lipinski definition) is 5. The quantitative estimate of drug-likeness (QED) is 0.840. The molecule has 1 aliphatic rings. The Morgan fingerprint density at radius 2 is 1.96 bits per heavy atom. The monoisotopic (exact) mass is 372 g/mol. The van der Waals surface area contributed by atoms with Crippen molar-refractivity contribution in [2.24, 2.45) is 0 Å². The second kappa shape index (κ2) is 7.14. The Morgan fingerprint density at radius 3 is 2.71 bits per heavy atom. The number of para-hydroxylation sites is 1. The molecule has 1 aromatic carbocycles. The van der Waals surface area contributed by atoms with E-state index in [0.29, 0.717) is 13.0 Å². The van der Waals surface area contributed by atoms with Crippen LogP contribution < -0.4 is 5.32 Å². The van der Waals surface area contributed by atoms with Gasteiger partial charge in [0, 0.05) is 17.8 Å². The summed E-state index contributed by atoms with van der Waals surface area (Å²) in [5, 5.41) is 3.96. The number of aryl methyl sites for hydroxylation is 2. The number of alkyl halides is 2. The van der Waals surface area contributed by atoms with Crippen LogP contribution in [0.1, 0.15) is 28.4 Å². The molecule has 8 heteroatoms. The van der Waals surface area contributed by atoms with Crippen LogP contribution in [0.4, 0.5) is 14.5 Å². The Kier molecular flexibility index (Phi) is 5.15. The van der Waals surface area contributed by atoms with Crippen molar-refractivity contribution in [1.82, 2.24) is 4.98 Å².